The van der Waals surface area contributed by atoms with Gasteiger partial charge in [0.15, 0.2) is 0 Å². The van der Waals surface area contributed by atoms with Crippen LogP contribution in [0.5, 0.6) is 17.2 Å². The van der Waals surface area contributed by atoms with Gasteiger partial charge in [-0.3, -0.25) is 0 Å². The third-order valence-electron chi connectivity index (χ3n) is 4.93. The van der Waals surface area contributed by atoms with Crippen LogP contribution in [0.3, 0.4) is 0 Å². The number of ether oxygens (including phenoxy) is 4. The van der Waals surface area contributed by atoms with Crippen LogP contribution in [0, 0.1) is 0 Å². The largest absolute Gasteiger partial charge is 0.497 e. The Labute approximate surface area is 183 Å². The van der Waals surface area contributed by atoms with Crippen LogP contribution in [0.15, 0.2) is 77.8 Å². The van der Waals surface area contributed by atoms with Crippen molar-refractivity contribution in [2.45, 2.75) is 32.1 Å². The van der Waals surface area contributed by atoms with Crippen molar-refractivity contribution < 1.29 is 18.9 Å². The second kappa shape index (κ2) is 7.99. The average molecular weight is 418 g/mol. The highest BCUT2D eigenvalue weighted by Gasteiger charge is 2.51. The lowest BCUT2D eigenvalue weighted by molar-refractivity contribution is -0.0862. The van der Waals surface area contributed by atoms with Crippen LogP contribution < -0.4 is 14.2 Å². The zero-order chi connectivity index (χ0) is 22.1. The average Bonchev–Trinajstić information content (AvgIpc) is 3.07. The highest BCUT2D eigenvalue weighted by Crippen LogP contribution is 2.49. The van der Waals surface area contributed by atoms with E-state index in [1.807, 2.05) is 93.6 Å². The van der Waals surface area contributed by atoms with Crippen LogP contribution >= 0.6 is 0 Å². The minimum atomic E-state index is -1.26. The SMILES string of the molecule is COc1cc(OC)c2c(c1)C(=NC(C)(C)C)OC2(Oc1ccccc1)c1ccccc1. The van der Waals surface area contributed by atoms with Gasteiger partial charge >= 0.3 is 5.79 Å². The minimum absolute atomic E-state index is 0.359. The van der Waals surface area contributed by atoms with E-state index < -0.39 is 5.79 Å². The molecule has 3 aromatic rings. The molecule has 0 aliphatic carbocycles. The predicted octanol–water partition coefficient (Wildman–Crippen LogP) is 5.56. The molecule has 1 unspecified atom stereocenters. The fourth-order valence-electron chi connectivity index (χ4n) is 3.65. The molecule has 0 saturated carbocycles. The summed E-state index contributed by atoms with van der Waals surface area (Å²) in [5, 5.41) is 0. The maximum Gasteiger partial charge on any atom is 0.311 e. The molecule has 1 heterocycles. The third-order valence-corrected chi connectivity index (χ3v) is 4.93. The van der Waals surface area contributed by atoms with E-state index in [4.69, 9.17) is 23.9 Å². The molecule has 0 aromatic heterocycles. The second-order valence-electron chi connectivity index (χ2n) is 8.34. The minimum Gasteiger partial charge on any atom is -0.497 e. The second-order valence-corrected chi connectivity index (χ2v) is 8.34. The van der Waals surface area contributed by atoms with Gasteiger partial charge in [-0.2, -0.15) is 0 Å². The molecule has 0 N–H and O–H groups in total. The maximum absolute atomic E-state index is 6.62. The first-order valence-electron chi connectivity index (χ1n) is 10.2. The van der Waals surface area contributed by atoms with Crippen molar-refractivity contribution >= 4 is 5.90 Å². The normalized spacial score (nSPS) is 18.9. The molecule has 160 valence electrons. The van der Waals surface area contributed by atoms with Gasteiger partial charge in [-0.25, -0.2) is 4.99 Å². The van der Waals surface area contributed by atoms with Crippen LogP contribution in [-0.4, -0.2) is 25.7 Å². The first-order valence-corrected chi connectivity index (χ1v) is 10.2. The van der Waals surface area contributed by atoms with Crippen molar-refractivity contribution in [1.82, 2.24) is 0 Å². The Hall–Kier alpha value is -3.47. The molecule has 1 aliphatic rings. The van der Waals surface area contributed by atoms with Gasteiger partial charge in [0.2, 0.25) is 5.90 Å². The lowest BCUT2D eigenvalue weighted by Crippen LogP contribution is -2.35. The molecule has 5 nitrogen and oxygen atoms in total. The number of fused-ring (bicyclic) bond motifs is 1. The van der Waals surface area contributed by atoms with Crippen molar-refractivity contribution in [1.29, 1.82) is 0 Å². The summed E-state index contributed by atoms with van der Waals surface area (Å²) >= 11 is 0. The van der Waals surface area contributed by atoms with Gasteiger partial charge in [-0.05, 0) is 39.0 Å². The number of methoxy groups -OCH3 is 2. The van der Waals surface area contributed by atoms with E-state index in [0.29, 0.717) is 23.1 Å². The monoisotopic (exact) mass is 417 g/mol. The van der Waals surface area contributed by atoms with Gasteiger partial charge in [-0.15, -0.1) is 0 Å². The zero-order valence-corrected chi connectivity index (χ0v) is 18.5. The molecular formula is C26H27NO4. The lowest BCUT2D eigenvalue weighted by atomic mass is 9.93. The van der Waals surface area contributed by atoms with E-state index in [-0.39, 0.29) is 5.54 Å². The summed E-state index contributed by atoms with van der Waals surface area (Å²) in [5.41, 5.74) is 2.02. The van der Waals surface area contributed by atoms with Gasteiger partial charge < -0.3 is 18.9 Å². The Balaban J connectivity index is 2.03. The summed E-state index contributed by atoms with van der Waals surface area (Å²) in [6.45, 7) is 6.09. The summed E-state index contributed by atoms with van der Waals surface area (Å²) in [6, 6.07) is 23.2. The van der Waals surface area contributed by atoms with Crippen molar-refractivity contribution in [3.63, 3.8) is 0 Å². The first-order chi connectivity index (χ1) is 14.9. The van der Waals surface area contributed by atoms with Gasteiger partial charge in [0.25, 0.3) is 0 Å². The molecule has 4 rings (SSSR count). The quantitative estimate of drug-likeness (QED) is 0.545. The summed E-state index contributed by atoms with van der Waals surface area (Å²) in [5.74, 6) is 1.16. The van der Waals surface area contributed by atoms with E-state index in [2.05, 4.69) is 0 Å². The topological polar surface area (TPSA) is 49.3 Å². The number of aliphatic imine (C=N–C) groups is 1. The van der Waals surface area contributed by atoms with Gasteiger partial charge in [0, 0.05) is 11.6 Å². The van der Waals surface area contributed by atoms with Crippen molar-refractivity contribution in [3.8, 4) is 17.2 Å². The van der Waals surface area contributed by atoms with E-state index in [1.54, 1.807) is 14.2 Å². The van der Waals surface area contributed by atoms with Gasteiger partial charge in [-0.1, -0.05) is 48.5 Å². The Morgan fingerprint density at radius 3 is 2.03 bits per heavy atom. The molecule has 1 aliphatic heterocycles. The van der Waals surface area contributed by atoms with Crippen molar-refractivity contribution in [2.24, 2.45) is 4.99 Å². The number of benzene rings is 3. The molecule has 0 bridgehead atoms. The molecule has 0 saturated heterocycles. The highest BCUT2D eigenvalue weighted by atomic mass is 16.7. The van der Waals surface area contributed by atoms with Crippen LogP contribution in [0.2, 0.25) is 0 Å². The molecule has 0 spiro atoms. The molecule has 1 atom stereocenters. The fraction of sp³-hybridized carbons (Fsp3) is 0.269. The van der Waals surface area contributed by atoms with E-state index in [1.165, 1.54) is 0 Å². The highest BCUT2D eigenvalue weighted by molar-refractivity contribution is 6.01. The molecule has 0 radical (unpaired) electrons. The summed E-state index contributed by atoms with van der Waals surface area (Å²) in [7, 11) is 3.26. The summed E-state index contributed by atoms with van der Waals surface area (Å²) in [4.78, 5) is 4.87. The van der Waals surface area contributed by atoms with Gasteiger partial charge in [0.1, 0.15) is 17.2 Å². The predicted molar refractivity (Wildman–Crippen MR) is 121 cm³/mol. The number of hydrogen-bond donors (Lipinski definition) is 0. The number of rotatable bonds is 5. The van der Waals surface area contributed by atoms with Gasteiger partial charge in [0.05, 0.1) is 30.9 Å². The van der Waals surface area contributed by atoms with Crippen molar-refractivity contribution in [2.75, 3.05) is 14.2 Å². The summed E-state index contributed by atoms with van der Waals surface area (Å²) in [6.07, 6.45) is 0. The van der Waals surface area contributed by atoms with E-state index in [0.717, 1.165) is 16.7 Å². The van der Waals surface area contributed by atoms with Crippen LogP contribution in [-0.2, 0) is 10.5 Å². The van der Waals surface area contributed by atoms with E-state index >= 15 is 0 Å². The summed E-state index contributed by atoms with van der Waals surface area (Å²) < 4.78 is 24.6. The van der Waals surface area contributed by atoms with Crippen LogP contribution in [0.4, 0.5) is 0 Å². The fourth-order valence-corrected chi connectivity index (χ4v) is 3.65. The lowest BCUT2D eigenvalue weighted by Gasteiger charge is -2.31. The van der Waals surface area contributed by atoms with Crippen LogP contribution in [0.25, 0.3) is 0 Å². The number of para-hydroxylation sites is 1. The smallest absolute Gasteiger partial charge is 0.311 e. The molecule has 31 heavy (non-hydrogen) atoms. The Kier molecular flexibility index (Phi) is 5.36. The Bertz CT molecular complexity index is 1090. The Morgan fingerprint density at radius 1 is 0.806 bits per heavy atom. The molecule has 5 heteroatoms. The first kappa shape index (κ1) is 20.8. The van der Waals surface area contributed by atoms with Crippen LogP contribution in [0.1, 0.15) is 37.5 Å². The zero-order valence-electron chi connectivity index (χ0n) is 18.5. The Morgan fingerprint density at radius 2 is 1.45 bits per heavy atom. The van der Waals surface area contributed by atoms with Crippen molar-refractivity contribution in [3.05, 3.63) is 89.5 Å². The number of hydrogen-bond acceptors (Lipinski definition) is 5. The molecular weight excluding hydrogens is 390 g/mol. The standard InChI is InChI=1S/C26H27NO4/c1-25(2,3)27-24-21-16-20(28-4)17-22(29-5)23(21)26(31-24,18-12-8-6-9-13-18)30-19-14-10-7-11-15-19/h6-17H,1-5H3. The molecule has 3 aromatic carbocycles. The third kappa shape index (κ3) is 3.96. The maximum atomic E-state index is 6.62. The molecule has 0 fully saturated rings. The molecule has 0 amide bonds. The number of nitrogens with zero attached hydrogens (tertiary/aromatic N) is 1. The van der Waals surface area contributed by atoms with E-state index in [9.17, 15) is 0 Å².